The number of aromatic hydroxyl groups is 1. The van der Waals surface area contributed by atoms with E-state index in [1.807, 2.05) is 36.7 Å². The van der Waals surface area contributed by atoms with Crippen LogP contribution in [0.3, 0.4) is 0 Å². The molecule has 2 aromatic heterocycles. The van der Waals surface area contributed by atoms with Gasteiger partial charge in [-0.15, -0.1) is 0 Å². The third-order valence-electron chi connectivity index (χ3n) is 3.35. The number of nitrogens with zero attached hydrogens (tertiary/aromatic N) is 2. The number of carbonyl (C=O) groups is 1. The van der Waals surface area contributed by atoms with Gasteiger partial charge in [0.2, 0.25) is 5.69 Å². The lowest BCUT2D eigenvalue weighted by atomic mass is 10.1. The van der Waals surface area contributed by atoms with E-state index in [1.54, 1.807) is 23.0 Å². The van der Waals surface area contributed by atoms with Gasteiger partial charge < -0.3 is 10.2 Å². The van der Waals surface area contributed by atoms with Gasteiger partial charge in [0, 0.05) is 30.6 Å². The molecule has 0 saturated carbocycles. The summed E-state index contributed by atoms with van der Waals surface area (Å²) in [5.41, 5.74) is 2.68. The van der Waals surface area contributed by atoms with E-state index in [9.17, 15) is 9.90 Å². The highest BCUT2D eigenvalue weighted by atomic mass is 16.4. The second-order valence-electron chi connectivity index (χ2n) is 4.74. The van der Waals surface area contributed by atoms with Crippen molar-refractivity contribution in [2.45, 2.75) is 0 Å². The van der Waals surface area contributed by atoms with Crippen molar-refractivity contribution in [1.82, 2.24) is 4.98 Å². The van der Waals surface area contributed by atoms with Crippen LogP contribution < -0.4 is 4.57 Å². The minimum absolute atomic E-state index is 0.113. The first-order chi connectivity index (χ1) is 10.6. The fraction of sp³-hybridized carbons (Fsp3) is 0. The summed E-state index contributed by atoms with van der Waals surface area (Å²) in [5.74, 6) is -1.40. The van der Waals surface area contributed by atoms with Crippen LogP contribution in [0.1, 0.15) is 10.4 Å². The number of hydrogen-bond acceptors (Lipinski definition) is 3. The SMILES string of the molecule is O=C(O)c1ccc(-[n+]2ccc(-c3ccncc3)cc2)cc1O. The third-order valence-corrected chi connectivity index (χ3v) is 3.35. The van der Waals surface area contributed by atoms with Gasteiger partial charge in [0.1, 0.15) is 11.3 Å². The predicted molar refractivity (Wildman–Crippen MR) is 79.8 cm³/mol. The lowest BCUT2D eigenvalue weighted by Gasteiger charge is -2.02. The highest BCUT2D eigenvalue weighted by Crippen LogP contribution is 2.20. The number of phenols is 1. The zero-order valence-electron chi connectivity index (χ0n) is 11.5. The van der Waals surface area contributed by atoms with Crippen molar-refractivity contribution in [3.05, 3.63) is 72.8 Å². The van der Waals surface area contributed by atoms with E-state index in [0.717, 1.165) is 11.1 Å². The summed E-state index contributed by atoms with van der Waals surface area (Å²) in [6.07, 6.45) is 7.17. The Labute approximate surface area is 126 Å². The standard InChI is InChI=1S/C17H12N2O3/c20-16-11-14(1-2-15(16)17(21)22)19-9-5-13(6-10-19)12-3-7-18-8-4-12/h1-11H,(H-,20,21,22)/p+1. The molecule has 0 saturated heterocycles. The second kappa shape index (κ2) is 5.65. The second-order valence-corrected chi connectivity index (χ2v) is 4.74. The zero-order chi connectivity index (χ0) is 15.5. The number of aromatic carboxylic acids is 1. The lowest BCUT2D eigenvalue weighted by molar-refractivity contribution is -0.595. The smallest absolute Gasteiger partial charge is 0.339 e. The van der Waals surface area contributed by atoms with Crippen LogP contribution in [-0.4, -0.2) is 21.2 Å². The molecule has 22 heavy (non-hydrogen) atoms. The first-order valence-electron chi connectivity index (χ1n) is 6.63. The third kappa shape index (κ3) is 2.64. The molecule has 0 radical (unpaired) electrons. The molecule has 0 spiro atoms. The average molecular weight is 293 g/mol. The average Bonchev–Trinajstić information content (AvgIpc) is 2.55. The summed E-state index contributed by atoms with van der Waals surface area (Å²) in [4.78, 5) is 14.9. The minimum atomic E-state index is -1.15. The van der Waals surface area contributed by atoms with Crippen molar-refractivity contribution in [1.29, 1.82) is 0 Å². The largest absolute Gasteiger partial charge is 0.507 e. The zero-order valence-corrected chi connectivity index (χ0v) is 11.5. The molecule has 3 rings (SSSR count). The van der Waals surface area contributed by atoms with Crippen LogP contribution in [0.5, 0.6) is 5.75 Å². The van der Waals surface area contributed by atoms with Gasteiger partial charge in [-0.2, -0.15) is 4.57 Å². The fourth-order valence-corrected chi connectivity index (χ4v) is 2.20. The summed E-state index contributed by atoms with van der Waals surface area (Å²) in [6, 6.07) is 12.2. The monoisotopic (exact) mass is 293 g/mol. The normalized spacial score (nSPS) is 10.4. The highest BCUT2D eigenvalue weighted by molar-refractivity contribution is 5.90. The summed E-state index contributed by atoms with van der Waals surface area (Å²) in [6.45, 7) is 0. The Morgan fingerprint density at radius 2 is 1.59 bits per heavy atom. The van der Waals surface area contributed by atoms with E-state index in [4.69, 9.17) is 5.11 Å². The van der Waals surface area contributed by atoms with E-state index < -0.39 is 5.97 Å². The Kier molecular flexibility index (Phi) is 3.53. The number of carboxylic acid groups (broad SMARTS) is 1. The highest BCUT2D eigenvalue weighted by Gasteiger charge is 2.14. The van der Waals surface area contributed by atoms with Crippen molar-refractivity contribution >= 4 is 5.97 Å². The maximum atomic E-state index is 10.9. The molecule has 2 N–H and O–H groups in total. The number of aromatic nitrogens is 2. The van der Waals surface area contributed by atoms with E-state index >= 15 is 0 Å². The molecule has 0 fully saturated rings. The molecule has 0 aliphatic heterocycles. The fourth-order valence-electron chi connectivity index (χ4n) is 2.20. The molecular formula is C17H13N2O3+. The van der Waals surface area contributed by atoms with Crippen molar-refractivity contribution in [3.63, 3.8) is 0 Å². The van der Waals surface area contributed by atoms with Crippen molar-refractivity contribution in [2.75, 3.05) is 0 Å². The van der Waals surface area contributed by atoms with Crippen molar-refractivity contribution in [3.8, 4) is 22.6 Å². The first kappa shape index (κ1) is 13.8. The van der Waals surface area contributed by atoms with Gasteiger partial charge in [0.25, 0.3) is 0 Å². The Balaban J connectivity index is 1.93. The molecule has 0 atom stereocenters. The Morgan fingerprint density at radius 3 is 2.18 bits per heavy atom. The Bertz CT molecular complexity index is 815. The van der Waals surface area contributed by atoms with Gasteiger partial charge in [-0.05, 0) is 29.3 Å². The molecule has 0 bridgehead atoms. The molecular weight excluding hydrogens is 280 g/mol. The molecule has 1 aromatic carbocycles. The molecule has 0 unspecified atom stereocenters. The van der Waals surface area contributed by atoms with Gasteiger partial charge in [-0.25, -0.2) is 4.79 Å². The van der Waals surface area contributed by atoms with Crippen LogP contribution in [0, 0.1) is 0 Å². The van der Waals surface area contributed by atoms with Gasteiger partial charge in [-0.1, -0.05) is 0 Å². The maximum Gasteiger partial charge on any atom is 0.339 e. The number of rotatable bonds is 3. The van der Waals surface area contributed by atoms with Crippen molar-refractivity contribution in [2.24, 2.45) is 0 Å². The summed E-state index contributed by atoms with van der Waals surface area (Å²) < 4.78 is 1.80. The Hall–Kier alpha value is -3.21. The van der Waals surface area contributed by atoms with Gasteiger partial charge >= 0.3 is 5.97 Å². The van der Waals surface area contributed by atoms with Crippen LogP contribution in [-0.2, 0) is 0 Å². The molecule has 0 aliphatic carbocycles. The summed E-state index contributed by atoms with van der Waals surface area (Å²) >= 11 is 0. The molecule has 0 amide bonds. The van der Waals surface area contributed by atoms with Crippen LogP contribution in [0.2, 0.25) is 0 Å². The molecule has 5 nitrogen and oxygen atoms in total. The quantitative estimate of drug-likeness (QED) is 0.727. The summed E-state index contributed by atoms with van der Waals surface area (Å²) in [7, 11) is 0. The molecule has 108 valence electrons. The lowest BCUT2D eigenvalue weighted by Crippen LogP contribution is -2.29. The van der Waals surface area contributed by atoms with E-state index in [2.05, 4.69) is 4.98 Å². The molecule has 3 aromatic rings. The topological polar surface area (TPSA) is 74.3 Å². The molecule has 2 heterocycles. The van der Waals surface area contributed by atoms with E-state index in [1.165, 1.54) is 12.1 Å². The van der Waals surface area contributed by atoms with Crippen LogP contribution in [0.15, 0.2) is 67.3 Å². The number of hydrogen-bond donors (Lipinski definition) is 2. The number of pyridine rings is 2. The van der Waals surface area contributed by atoms with Crippen LogP contribution >= 0.6 is 0 Å². The maximum absolute atomic E-state index is 10.9. The molecule has 5 heteroatoms. The minimum Gasteiger partial charge on any atom is -0.507 e. The van der Waals surface area contributed by atoms with Crippen molar-refractivity contribution < 1.29 is 19.6 Å². The Morgan fingerprint density at radius 1 is 0.955 bits per heavy atom. The van der Waals surface area contributed by atoms with Crippen LogP contribution in [0.25, 0.3) is 16.8 Å². The molecule has 0 aliphatic rings. The number of carboxylic acids is 1. The van der Waals surface area contributed by atoms with E-state index in [-0.39, 0.29) is 11.3 Å². The number of benzene rings is 1. The predicted octanol–water partition coefficient (Wildman–Crippen LogP) is 2.43. The van der Waals surface area contributed by atoms with E-state index in [0.29, 0.717) is 5.69 Å². The van der Waals surface area contributed by atoms with Crippen LogP contribution in [0.4, 0.5) is 0 Å². The first-order valence-corrected chi connectivity index (χ1v) is 6.63. The summed E-state index contributed by atoms with van der Waals surface area (Å²) in [5, 5.41) is 18.7. The van der Waals surface area contributed by atoms with Gasteiger partial charge in [0.15, 0.2) is 12.4 Å². The van der Waals surface area contributed by atoms with Gasteiger partial charge in [0.05, 0.1) is 6.07 Å². The van der Waals surface area contributed by atoms with Gasteiger partial charge in [-0.3, -0.25) is 4.98 Å².